The fraction of sp³-hybridized carbons (Fsp3) is 0.333. The van der Waals surface area contributed by atoms with E-state index in [0.29, 0.717) is 11.1 Å². The smallest absolute Gasteiger partial charge is 0.438 e. The van der Waals surface area contributed by atoms with E-state index < -0.39 is 51.3 Å². The molecule has 0 aliphatic carbocycles. The van der Waals surface area contributed by atoms with E-state index in [1.807, 2.05) is 0 Å². The third-order valence-electron chi connectivity index (χ3n) is 4.97. The predicted octanol–water partition coefficient (Wildman–Crippen LogP) is 3.01. The van der Waals surface area contributed by atoms with E-state index in [0.717, 1.165) is 18.2 Å². The molecule has 0 spiro atoms. The molecule has 0 aliphatic rings. The van der Waals surface area contributed by atoms with Crippen LogP contribution in [0.4, 0.5) is 26.3 Å². The molecule has 2 aromatic rings. The van der Waals surface area contributed by atoms with Gasteiger partial charge in [-0.2, -0.15) is 34.8 Å². The number of alkyl halides is 6. The standard InChI is InChI=1S/C21H19BF6O7S/c22-10-16-8-15(7-6-14(16)9-17(29)34-11-13-4-2-1-3-5-13)18(30)35-19(20(23,24)25,21(26,27)28)12-36(31,32)33/h1-8H,9-12,22H2,(H,31,32,33). The first-order valence-electron chi connectivity index (χ1n) is 10.1. The monoisotopic (exact) mass is 540 g/mol. The van der Waals surface area contributed by atoms with Crippen LogP contribution in [0.2, 0.25) is 0 Å². The summed E-state index contributed by atoms with van der Waals surface area (Å²) in [7, 11) is -4.35. The van der Waals surface area contributed by atoms with Crippen molar-refractivity contribution in [3.63, 3.8) is 0 Å². The minimum absolute atomic E-state index is 0.0315. The number of ether oxygens (including phenoxy) is 2. The second-order valence-corrected chi connectivity index (χ2v) is 9.05. The van der Waals surface area contributed by atoms with Gasteiger partial charge in [-0.25, -0.2) is 4.79 Å². The Hall–Kier alpha value is -3.07. The predicted molar refractivity (Wildman–Crippen MR) is 115 cm³/mol. The summed E-state index contributed by atoms with van der Waals surface area (Å²) in [4.78, 5) is 24.5. The zero-order chi connectivity index (χ0) is 27.4. The van der Waals surface area contributed by atoms with Gasteiger partial charge in [-0.3, -0.25) is 9.35 Å². The molecule has 36 heavy (non-hydrogen) atoms. The Morgan fingerprint density at radius 3 is 2.00 bits per heavy atom. The van der Waals surface area contributed by atoms with Gasteiger partial charge in [0.15, 0.2) is 0 Å². The van der Waals surface area contributed by atoms with Crippen LogP contribution >= 0.6 is 0 Å². The first-order valence-corrected chi connectivity index (χ1v) is 11.7. The first-order chi connectivity index (χ1) is 16.5. The molecular weight excluding hydrogens is 521 g/mol. The maximum Gasteiger partial charge on any atom is 0.438 e. The van der Waals surface area contributed by atoms with Crippen LogP contribution in [-0.4, -0.2) is 56.5 Å². The highest BCUT2D eigenvalue weighted by Gasteiger charge is 2.76. The number of esters is 2. The van der Waals surface area contributed by atoms with Gasteiger partial charge in [0.1, 0.15) is 20.2 Å². The highest BCUT2D eigenvalue weighted by molar-refractivity contribution is 7.85. The number of hydrogen-bond donors (Lipinski definition) is 1. The Balaban J connectivity index is 2.29. The van der Waals surface area contributed by atoms with Gasteiger partial charge in [0, 0.05) is 0 Å². The molecule has 15 heteroatoms. The van der Waals surface area contributed by atoms with Gasteiger partial charge in [0.25, 0.3) is 10.1 Å². The van der Waals surface area contributed by atoms with Gasteiger partial charge in [-0.05, 0) is 23.3 Å². The summed E-state index contributed by atoms with van der Waals surface area (Å²) in [5.74, 6) is -5.79. The summed E-state index contributed by atoms with van der Waals surface area (Å²) in [5, 5.41) is 0. The van der Waals surface area contributed by atoms with Crippen molar-refractivity contribution < 1.29 is 58.4 Å². The average molecular weight is 540 g/mol. The third-order valence-corrected chi connectivity index (χ3v) is 5.74. The normalized spacial score (nSPS) is 12.8. The molecule has 0 radical (unpaired) electrons. The number of benzene rings is 2. The Morgan fingerprint density at radius 1 is 0.917 bits per heavy atom. The van der Waals surface area contributed by atoms with Crippen molar-refractivity contribution in [3.8, 4) is 0 Å². The molecule has 0 saturated carbocycles. The molecule has 0 aliphatic heterocycles. The first kappa shape index (κ1) is 29.2. The van der Waals surface area contributed by atoms with Gasteiger partial charge in [0.05, 0.1) is 12.0 Å². The molecule has 0 fully saturated rings. The number of halogens is 6. The number of hydrogen-bond acceptors (Lipinski definition) is 6. The quantitative estimate of drug-likeness (QED) is 0.226. The van der Waals surface area contributed by atoms with Crippen LogP contribution in [0.5, 0.6) is 0 Å². The SMILES string of the molecule is BCc1cc(C(=O)OC(CS(=O)(=O)O)(C(F)(F)F)C(F)(F)F)ccc1CC(=O)OCc1ccccc1. The molecular formula is C21H19BF6O7S. The molecule has 0 aromatic heterocycles. The van der Waals surface area contributed by atoms with Crippen LogP contribution < -0.4 is 0 Å². The molecule has 0 heterocycles. The van der Waals surface area contributed by atoms with Crippen molar-refractivity contribution in [1.82, 2.24) is 0 Å². The van der Waals surface area contributed by atoms with Crippen LogP contribution in [0.1, 0.15) is 27.0 Å². The van der Waals surface area contributed by atoms with E-state index >= 15 is 0 Å². The largest absolute Gasteiger partial charge is 0.461 e. The highest BCUT2D eigenvalue weighted by Crippen LogP contribution is 2.47. The lowest BCUT2D eigenvalue weighted by Gasteiger charge is -2.35. The van der Waals surface area contributed by atoms with E-state index in [1.165, 1.54) is 0 Å². The van der Waals surface area contributed by atoms with Crippen LogP contribution in [0.25, 0.3) is 0 Å². The lowest BCUT2D eigenvalue weighted by atomic mass is 9.90. The van der Waals surface area contributed by atoms with E-state index in [9.17, 15) is 44.3 Å². The second kappa shape index (κ2) is 10.9. The van der Waals surface area contributed by atoms with E-state index in [2.05, 4.69) is 4.74 Å². The van der Waals surface area contributed by atoms with E-state index in [-0.39, 0.29) is 24.9 Å². The minimum atomic E-state index is -6.44. The fourth-order valence-corrected chi connectivity index (χ4v) is 4.04. The molecule has 0 amide bonds. The Kier molecular flexibility index (Phi) is 8.84. The summed E-state index contributed by atoms with van der Waals surface area (Å²) >= 11 is 0. The van der Waals surface area contributed by atoms with E-state index in [4.69, 9.17) is 9.29 Å². The van der Waals surface area contributed by atoms with Crippen LogP contribution in [0, 0.1) is 0 Å². The van der Waals surface area contributed by atoms with Gasteiger partial charge in [-0.1, -0.05) is 48.3 Å². The zero-order valence-electron chi connectivity index (χ0n) is 18.5. The molecule has 7 nitrogen and oxygen atoms in total. The molecule has 0 saturated heterocycles. The van der Waals surface area contributed by atoms with Gasteiger partial charge in [-0.15, -0.1) is 0 Å². The molecule has 2 rings (SSSR count). The van der Waals surface area contributed by atoms with Crippen molar-refractivity contribution in [1.29, 1.82) is 0 Å². The maximum atomic E-state index is 13.4. The summed E-state index contributed by atoms with van der Waals surface area (Å²) in [6.45, 7) is -0.0315. The molecule has 1 N–H and O–H groups in total. The molecule has 0 atom stereocenters. The van der Waals surface area contributed by atoms with Crippen molar-refractivity contribution in [2.45, 2.75) is 37.3 Å². The summed E-state index contributed by atoms with van der Waals surface area (Å²) in [6, 6.07) is 11.5. The summed E-state index contributed by atoms with van der Waals surface area (Å²) in [6.07, 6.45) is -13.1. The maximum absolute atomic E-state index is 13.4. The van der Waals surface area contributed by atoms with Crippen molar-refractivity contribution in [3.05, 3.63) is 70.8 Å². The summed E-state index contributed by atoms with van der Waals surface area (Å²) < 4.78 is 120. The lowest BCUT2D eigenvalue weighted by molar-refractivity contribution is -0.356. The van der Waals surface area contributed by atoms with Crippen molar-refractivity contribution >= 4 is 29.9 Å². The van der Waals surface area contributed by atoms with Crippen molar-refractivity contribution in [2.75, 3.05) is 5.75 Å². The number of carbonyl (C=O) groups is 2. The van der Waals surface area contributed by atoms with Crippen LogP contribution in [0.3, 0.4) is 0 Å². The fourth-order valence-electron chi connectivity index (χ4n) is 3.14. The van der Waals surface area contributed by atoms with Crippen molar-refractivity contribution in [2.24, 2.45) is 0 Å². The second-order valence-electron chi connectivity index (χ2n) is 7.60. The molecule has 0 bridgehead atoms. The third kappa shape index (κ3) is 7.23. The molecule has 2 aromatic carbocycles. The average Bonchev–Trinajstić information content (AvgIpc) is 2.75. The van der Waals surface area contributed by atoms with Crippen LogP contribution in [-0.2, 0) is 43.7 Å². The van der Waals surface area contributed by atoms with Gasteiger partial charge >= 0.3 is 29.9 Å². The minimum Gasteiger partial charge on any atom is -0.461 e. The zero-order valence-corrected chi connectivity index (χ0v) is 19.3. The molecule has 0 unspecified atom stereocenters. The van der Waals surface area contributed by atoms with E-state index in [1.54, 1.807) is 38.2 Å². The topological polar surface area (TPSA) is 107 Å². The molecule has 196 valence electrons. The number of rotatable bonds is 9. The lowest BCUT2D eigenvalue weighted by Crippen LogP contribution is -2.63. The Morgan fingerprint density at radius 2 is 1.50 bits per heavy atom. The van der Waals surface area contributed by atoms with Gasteiger partial charge in [0.2, 0.25) is 0 Å². The Bertz CT molecular complexity index is 1180. The number of carbonyl (C=O) groups excluding carboxylic acids is 2. The van der Waals surface area contributed by atoms with Gasteiger partial charge < -0.3 is 9.47 Å². The van der Waals surface area contributed by atoms with Crippen LogP contribution in [0.15, 0.2) is 48.5 Å². The highest BCUT2D eigenvalue weighted by atomic mass is 32.2. The Labute approximate surface area is 202 Å². The summed E-state index contributed by atoms with van der Waals surface area (Å²) in [5.41, 5.74) is -5.05.